The Bertz CT molecular complexity index is 1110. The van der Waals surface area contributed by atoms with E-state index >= 15 is 0 Å². The van der Waals surface area contributed by atoms with Crippen LogP contribution >= 0.6 is 0 Å². The van der Waals surface area contributed by atoms with E-state index < -0.39 is 5.66 Å². The first-order valence-corrected chi connectivity index (χ1v) is 9.83. The summed E-state index contributed by atoms with van der Waals surface area (Å²) in [7, 11) is 0. The Kier molecular flexibility index (Phi) is 4.01. The summed E-state index contributed by atoms with van der Waals surface area (Å²) in [5.41, 5.74) is 6.54. The van der Waals surface area contributed by atoms with Crippen LogP contribution in [-0.2, 0) is 0 Å². The summed E-state index contributed by atoms with van der Waals surface area (Å²) in [6.07, 6.45) is 8.98. The molecule has 0 amide bonds. The number of benzene rings is 3. The summed E-state index contributed by atoms with van der Waals surface area (Å²) < 4.78 is 0. The summed E-state index contributed by atoms with van der Waals surface area (Å²) >= 11 is 0. The topological polar surface area (TPSA) is 27.6 Å². The first kappa shape index (κ1) is 16.8. The lowest BCUT2D eigenvalue weighted by molar-refractivity contribution is 0.479. The van der Waals surface area contributed by atoms with E-state index in [9.17, 15) is 0 Å². The van der Waals surface area contributed by atoms with Crippen molar-refractivity contribution < 1.29 is 0 Å². The third-order valence-corrected chi connectivity index (χ3v) is 5.64. The second kappa shape index (κ2) is 6.68. The molecule has 2 aliphatic rings. The second-order valence-corrected chi connectivity index (χ2v) is 7.46. The number of nitrogens with one attached hydrogen (secondary N) is 1. The van der Waals surface area contributed by atoms with Crippen LogP contribution in [0.2, 0.25) is 0 Å². The van der Waals surface area contributed by atoms with Gasteiger partial charge in [0.25, 0.3) is 0 Å². The zero-order valence-corrected chi connectivity index (χ0v) is 16.0. The quantitative estimate of drug-likeness (QED) is 0.654. The fourth-order valence-corrected chi connectivity index (χ4v) is 4.18. The van der Waals surface area contributed by atoms with Gasteiger partial charge in [-0.15, -0.1) is 0 Å². The fraction of sp³-hybridized carbons (Fsp3) is 0.160. The third kappa shape index (κ3) is 2.63. The molecule has 1 aliphatic carbocycles. The molecule has 0 spiro atoms. The molecule has 0 fully saturated rings. The first-order valence-electron chi connectivity index (χ1n) is 9.83. The van der Waals surface area contributed by atoms with Crippen molar-refractivity contribution in [2.75, 3.05) is 4.90 Å². The normalized spacial score (nSPS) is 21.4. The average molecular weight is 365 g/mol. The number of hydrogen-bond donors (Lipinski definition) is 1. The van der Waals surface area contributed by atoms with Crippen molar-refractivity contribution in [2.24, 2.45) is 5.10 Å². The van der Waals surface area contributed by atoms with Crippen LogP contribution in [0.3, 0.4) is 0 Å². The van der Waals surface area contributed by atoms with Crippen molar-refractivity contribution in [2.45, 2.75) is 25.4 Å². The van der Waals surface area contributed by atoms with Crippen LogP contribution in [0.15, 0.2) is 102 Å². The Hall–Kier alpha value is -3.33. The molecule has 138 valence electrons. The molecule has 1 unspecified atom stereocenters. The van der Waals surface area contributed by atoms with Gasteiger partial charge in [-0.05, 0) is 36.8 Å². The van der Waals surface area contributed by atoms with Gasteiger partial charge < -0.3 is 0 Å². The maximum absolute atomic E-state index is 4.82. The molecule has 0 saturated heterocycles. The Morgan fingerprint density at radius 1 is 0.893 bits per heavy atom. The Balaban J connectivity index is 1.73. The van der Waals surface area contributed by atoms with Crippen LogP contribution in [-0.4, -0.2) is 11.5 Å². The van der Waals surface area contributed by atoms with Gasteiger partial charge in [0, 0.05) is 10.9 Å². The molecule has 0 aromatic heterocycles. The number of nitrogens with zero attached hydrogens (tertiary/aromatic N) is 2. The molecule has 0 radical (unpaired) electrons. The molecular weight excluding hydrogens is 342 g/mol. The Morgan fingerprint density at radius 2 is 1.68 bits per heavy atom. The van der Waals surface area contributed by atoms with Gasteiger partial charge >= 0.3 is 0 Å². The van der Waals surface area contributed by atoms with Gasteiger partial charge in [0.15, 0.2) is 11.5 Å². The largest absolute Gasteiger partial charge is 0.295 e. The van der Waals surface area contributed by atoms with Gasteiger partial charge in [-0.25, -0.2) is 0 Å². The highest BCUT2D eigenvalue weighted by Gasteiger charge is 2.43. The van der Waals surface area contributed by atoms with E-state index in [0.29, 0.717) is 0 Å². The van der Waals surface area contributed by atoms with Crippen LogP contribution < -0.4 is 10.3 Å². The standard InChI is InChI=1S/C25H23N3/c1-25(21-15-6-3-7-16-21)27-26-24(20-12-4-2-5-13-20)28(25)23-18-10-14-19-11-8-9-17-22(19)23/h2,4-6,8-18,27H,3,7H2,1H3. The van der Waals surface area contributed by atoms with Crippen molar-refractivity contribution in [3.63, 3.8) is 0 Å². The highest BCUT2D eigenvalue weighted by Crippen LogP contribution is 2.39. The number of fused-ring (bicyclic) bond motifs is 1. The highest BCUT2D eigenvalue weighted by molar-refractivity contribution is 6.15. The van der Waals surface area contributed by atoms with Crippen LogP contribution in [0.25, 0.3) is 10.8 Å². The van der Waals surface area contributed by atoms with Crippen LogP contribution in [0.1, 0.15) is 25.3 Å². The smallest absolute Gasteiger partial charge is 0.162 e. The molecule has 3 aromatic carbocycles. The van der Waals surface area contributed by atoms with Crippen molar-refractivity contribution in [1.29, 1.82) is 0 Å². The molecule has 0 saturated carbocycles. The van der Waals surface area contributed by atoms with E-state index in [4.69, 9.17) is 5.10 Å². The molecule has 3 aromatic rings. The lowest BCUT2D eigenvalue weighted by Gasteiger charge is -2.39. The molecule has 0 bridgehead atoms. The average Bonchev–Trinajstić information content (AvgIpc) is 3.13. The predicted molar refractivity (Wildman–Crippen MR) is 117 cm³/mol. The molecular formula is C25H23N3. The number of hydrogen-bond acceptors (Lipinski definition) is 3. The molecule has 1 heterocycles. The molecule has 1 aliphatic heterocycles. The second-order valence-electron chi connectivity index (χ2n) is 7.46. The summed E-state index contributed by atoms with van der Waals surface area (Å²) in [4.78, 5) is 2.35. The van der Waals surface area contributed by atoms with E-state index in [-0.39, 0.29) is 0 Å². The van der Waals surface area contributed by atoms with Gasteiger partial charge in [-0.2, -0.15) is 5.10 Å². The number of rotatable bonds is 3. The predicted octanol–water partition coefficient (Wildman–Crippen LogP) is 5.60. The zero-order valence-electron chi connectivity index (χ0n) is 16.0. The molecule has 3 heteroatoms. The molecule has 5 rings (SSSR count). The summed E-state index contributed by atoms with van der Waals surface area (Å²) in [5.74, 6) is 0.944. The monoisotopic (exact) mass is 365 g/mol. The van der Waals surface area contributed by atoms with Crippen molar-refractivity contribution >= 4 is 22.3 Å². The van der Waals surface area contributed by atoms with Crippen LogP contribution in [0.4, 0.5) is 5.69 Å². The number of hydrazone groups is 1. The van der Waals surface area contributed by atoms with Crippen molar-refractivity contribution in [3.8, 4) is 0 Å². The Morgan fingerprint density at radius 3 is 2.50 bits per heavy atom. The molecule has 28 heavy (non-hydrogen) atoms. The summed E-state index contributed by atoms with van der Waals surface area (Å²) in [6.45, 7) is 2.22. The molecule has 1 atom stereocenters. The zero-order chi connectivity index (χ0) is 19.0. The van der Waals surface area contributed by atoms with E-state index in [0.717, 1.165) is 29.9 Å². The lowest BCUT2D eigenvalue weighted by Crippen LogP contribution is -2.53. The van der Waals surface area contributed by atoms with Gasteiger partial charge in [0.1, 0.15) is 0 Å². The van der Waals surface area contributed by atoms with Gasteiger partial charge in [-0.1, -0.05) is 85.0 Å². The van der Waals surface area contributed by atoms with Gasteiger partial charge in [0.2, 0.25) is 0 Å². The minimum Gasteiger partial charge on any atom is -0.295 e. The number of amidine groups is 1. The first-order chi connectivity index (χ1) is 13.8. The van der Waals surface area contributed by atoms with Crippen LogP contribution in [0, 0.1) is 0 Å². The summed E-state index contributed by atoms with van der Waals surface area (Å²) in [5, 5.41) is 7.27. The van der Waals surface area contributed by atoms with E-state index in [2.05, 4.69) is 102 Å². The third-order valence-electron chi connectivity index (χ3n) is 5.64. The Labute approximate surface area is 165 Å². The lowest BCUT2D eigenvalue weighted by atomic mass is 9.93. The van der Waals surface area contributed by atoms with Crippen molar-refractivity contribution in [1.82, 2.24) is 5.43 Å². The van der Waals surface area contributed by atoms with E-state index in [1.54, 1.807) is 0 Å². The van der Waals surface area contributed by atoms with E-state index in [1.807, 2.05) is 6.07 Å². The minimum absolute atomic E-state index is 0.438. The number of allylic oxidation sites excluding steroid dienone is 2. The summed E-state index contributed by atoms with van der Waals surface area (Å²) in [6, 6.07) is 25.4. The maximum atomic E-state index is 4.82. The number of anilines is 1. The SMILES string of the molecule is CC1(C2=CCCC=C2)NN=C(c2ccccc2)N1c1cccc2ccccc12. The van der Waals surface area contributed by atoms with E-state index in [1.165, 1.54) is 16.3 Å². The minimum atomic E-state index is -0.438. The van der Waals surface area contributed by atoms with Gasteiger partial charge in [0.05, 0.1) is 5.69 Å². The maximum Gasteiger partial charge on any atom is 0.162 e. The highest BCUT2D eigenvalue weighted by atomic mass is 15.6. The molecule has 1 N–H and O–H groups in total. The van der Waals surface area contributed by atoms with Crippen LogP contribution in [0.5, 0.6) is 0 Å². The molecule has 3 nitrogen and oxygen atoms in total. The van der Waals surface area contributed by atoms with Crippen molar-refractivity contribution in [3.05, 3.63) is 102 Å². The van der Waals surface area contributed by atoms with Gasteiger partial charge in [-0.3, -0.25) is 10.3 Å². The fourth-order valence-electron chi connectivity index (χ4n) is 4.18.